The molecule has 0 atom stereocenters. The zero-order valence-corrected chi connectivity index (χ0v) is 10.4. The number of rotatable bonds is 3. The third-order valence-corrected chi connectivity index (χ3v) is 2.72. The summed E-state index contributed by atoms with van der Waals surface area (Å²) in [6.45, 7) is 0. The van der Waals surface area contributed by atoms with Crippen molar-refractivity contribution in [1.82, 2.24) is 4.98 Å². The van der Waals surface area contributed by atoms with E-state index in [2.05, 4.69) is 10.3 Å². The Hall–Kier alpha value is -1.69. The largest absolute Gasteiger partial charge is 0.431 e. The Balaban J connectivity index is 2.28. The van der Waals surface area contributed by atoms with Gasteiger partial charge in [0.05, 0.1) is 0 Å². The van der Waals surface area contributed by atoms with Crippen molar-refractivity contribution >= 4 is 34.1 Å². The Bertz CT molecular complexity index is 607. The Morgan fingerprint density at radius 1 is 1.32 bits per heavy atom. The summed E-state index contributed by atoms with van der Waals surface area (Å²) in [5, 5.41) is 2.95. The highest BCUT2D eigenvalue weighted by Crippen LogP contribution is 2.31. The first kappa shape index (κ1) is 13.7. The van der Waals surface area contributed by atoms with Crippen LogP contribution in [0.4, 0.5) is 18.9 Å². The van der Waals surface area contributed by atoms with Crippen LogP contribution in [-0.4, -0.2) is 16.8 Å². The van der Waals surface area contributed by atoms with E-state index in [4.69, 9.17) is 11.6 Å². The number of alkyl halides is 4. The molecule has 0 aliphatic rings. The molecular formula is C12H10ClF3N2O. The molecule has 1 aromatic heterocycles. The van der Waals surface area contributed by atoms with Crippen LogP contribution in [0.3, 0.4) is 0 Å². The fourth-order valence-electron chi connectivity index (χ4n) is 1.67. The minimum atomic E-state index is -4.42. The number of aromatic nitrogens is 1. The lowest BCUT2D eigenvalue weighted by Gasteiger charge is -2.03. The molecule has 19 heavy (non-hydrogen) atoms. The summed E-state index contributed by atoms with van der Waals surface area (Å²) in [7, 11) is 0. The predicted octanol–water partition coefficient (Wildman–Crippen LogP) is 3.75. The number of anilines is 1. The van der Waals surface area contributed by atoms with Crippen LogP contribution in [0.25, 0.3) is 10.9 Å². The van der Waals surface area contributed by atoms with E-state index in [1.54, 1.807) is 0 Å². The minimum Gasteiger partial charge on any atom is -0.351 e. The third-order valence-electron chi connectivity index (χ3n) is 2.53. The van der Waals surface area contributed by atoms with E-state index in [1.165, 1.54) is 18.2 Å². The topological polar surface area (TPSA) is 44.9 Å². The minimum absolute atomic E-state index is 0.153. The number of amides is 1. The van der Waals surface area contributed by atoms with Gasteiger partial charge in [-0.25, -0.2) is 0 Å². The van der Waals surface area contributed by atoms with Gasteiger partial charge in [-0.2, -0.15) is 13.2 Å². The predicted molar refractivity (Wildman–Crippen MR) is 67.3 cm³/mol. The van der Waals surface area contributed by atoms with Crippen LogP contribution in [0, 0.1) is 0 Å². The lowest BCUT2D eigenvalue weighted by molar-refractivity contribution is -0.140. The summed E-state index contributed by atoms with van der Waals surface area (Å²) in [5.41, 5.74) is -0.00950. The van der Waals surface area contributed by atoms with Crippen molar-refractivity contribution in [1.29, 1.82) is 0 Å². The highest BCUT2D eigenvalue weighted by atomic mass is 35.5. The fourth-order valence-corrected chi connectivity index (χ4v) is 1.84. The van der Waals surface area contributed by atoms with Crippen molar-refractivity contribution in [2.24, 2.45) is 0 Å². The molecule has 0 spiro atoms. The van der Waals surface area contributed by atoms with Gasteiger partial charge in [-0.15, -0.1) is 11.6 Å². The standard InChI is InChI=1S/C12H10ClF3N2O/c13-4-3-11(19)17-8-1-2-9-7(5-8)6-10(18-9)12(14,15)16/h1-2,5-6,18H,3-4H2,(H,17,19). The molecule has 1 aromatic carbocycles. The number of H-pyrrole nitrogens is 1. The summed E-state index contributed by atoms with van der Waals surface area (Å²) in [4.78, 5) is 13.6. The van der Waals surface area contributed by atoms with Gasteiger partial charge >= 0.3 is 6.18 Å². The van der Waals surface area contributed by atoms with E-state index in [-0.39, 0.29) is 18.2 Å². The van der Waals surface area contributed by atoms with Gasteiger partial charge in [0, 0.05) is 28.9 Å². The molecule has 2 rings (SSSR count). The molecule has 0 radical (unpaired) electrons. The molecule has 1 heterocycles. The summed E-state index contributed by atoms with van der Waals surface area (Å²) in [6, 6.07) is 5.51. The summed E-state index contributed by atoms with van der Waals surface area (Å²) in [5.74, 6) is -0.0860. The van der Waals surface area contributed by atoms with Crippen molar-refractivity contribution in [3.63, 3.8) is 0 Å². The molecule has 2 N–H and O–H groups in total. The fraction of sp³-hybridized carbons (Fsp3) is 0.250. The molecule has 0 fully saturated rings. The summed E-state index contributed by atoms with van der Waals surface area (Å²) < 4.78 is 37.6. The number of fused-ring (bicyclic) bond motifs is 1. The second kappa shape index (κ2) is 5.13. The molecule has 0 unspecified atom stereocenters. The lowest BCUT2D eigenvalue weighted by atomic mass is 10.2. The van der Waals surface area contributed by atoms with Crippen LogP contribution in [0.5, 0.6) is 0 Å². The van der Waals surface area contributed by atoms with Crippen LogP contribution in [0.2, 0.25) is 0 Å². The van der Waals surface area contributed by atoms with Gasteiger partial charge in [0.15, 0.2) is 0 Å². The van der Waals surface area contributed by atoms with E-state index < -0.39 is 11.9 Å². The molecular weight excluding hydrogens is 281 g/mol. The van der Waals surface area contributed by atoms with E-state index in [0.29, 0.717) is 16.6 Å². The molecule has 102 valence electrons. The number of carbonyl (C=O) groups is 1. The number of halogens is 4. The lowest BCUT2D eigenvalue weighted by Crippen LogP contribution is -2.11. The van der Waals surface area contributed by atoms with Crippen molar-refractivity contribution < 1.29 is 18.0 Å². The van der Waals surface area contributed by atoms with Crippen LogP contribution in [0.15, 0.2) is 24.3 Å². The second-order valence-electron chi connectivity index (χ2n) is 3.97. The summed E-state index contributed by atoms with van der Waals surface area (Å²) in [6.07, 6.45) is -4.26. The molecule has 7 heteroatoms. The number of aromatic amines is 1. The van der Waals surface area contributed by atoms with Gasteiger partial charge in [0.25, 0.3) is 0 Å². The first-order valence-electron chi connectivity index (χ1n) is 5.46. The zero-order valence-electron chi connectivity index (χ0n) is 9.64. The van der Waals surface area contributed by atoms with E-state index >= 15 is 0 Å². The first-order valence-corrected chi connectivity index (χ1v) is 5.99. The van der Waals surface area contributed by atoms with E-state index in [1.807, 2.05) is 0 Å². The molecule has 0 saturated heterocycles. The number of hydrogen-bond acceptors (Lipinski definition) is 1. The second-order valence-corrected chi connectivity index (χ2v) is 4.35. The quantitative estimate of drug-likeness (QED) is 0.831. The maximum Gasteiger partial charge on any atom is 0.431 e. The number of hydrogen-bond donors (Lipinski definition) is 2. The van der Waals surface area contributed by atoms with E-state index in [0.717, 1.165) is 6.07 Å². The van der Waals surface area contributed by atoms with Gasteiger partial charge in [-0.1, -0.05) is 0 Å². The van der Waals surface area contributed by atoms with Crippen LogP contribution >= 0.6 is 11.6 Å². The number of nitrogens with one attached hydrogen (secondary N) is 2. The molecule has 1 amide bonds. The normalized spacial score (nSPS) is 11.8. The van der Waals surface area contributed by atoms with Crippen molar-refractivity contribution in [3.05, 3.63) is 30.0 Å². The number of benzene rings is 1. The molecule has 0 saturated carbocycles. The van der Waals surface area contributed by atoms with Gasteiger partial charge in [-0.3, -0.25) is 4.79 Å². The molecule has 0 bridgehead atoms. The van der Waals surface area contributed by atoms with Crippen LogP contribution in [0.1, 0.15) is 12.1 Å². The van der Waals surface area contributed by atoms with E-state index in [9.17, 15) is 18.0 Å². The van der Waals surface area contributed by atoms with Crippen LogP contribution in [-0.2, 0) is 11.0 Å². The molecule has 0 aliphatic heterocycles. The molecule has 0 aliphatic carbocycles. The smallest absolute Gasteiger partial charge is 0.351 e. The maximum absolute atomic E-state index is 12.5. The zero-order chi connectivity index (χ0) is 14.0. The Morgan fingerprint density at radius 3 is 2.68 bits per heavy atom. The molecule has 3 nitrogen and oxygen atoms in total. The van der Waals surface area contributed by atoms with Crippen LogP contribution < -0.4 is 5.32 Å². The SMILES string of the molecule is O=C(CCCl)Nc1ccc2[nH]c(C(F)(F)F)cc2c1. The Labute approximate surface area is 111 Å². The van der Waals surface area contributed by atoms with Crippen molar-refractivity contribution in [2.45, 2.75) is 12.6 Å². The summed E-state index contributed by atoms with van der Waals surface area (Å²) >= 11 is 5.42. The van der Waals surface area contributed by atoms with Gasteiger partial charge < -0.3 is 10.3 Å². The third kappa shape index (κ3) is 3.20. The average Bonchev–Trinajstić information content (AvgIpc) is 2.71. The number of carbonyl (C=O) groups excluding carboxylic acids is 1. The average molecular weight is 291 g/mol. The van der Waals surface area contributed by atoms with Gasteiger partial charge in [-0.05, 0) is 24.3 Å². The van der Waals surface area contributed by atoms with Gasteiger partial charge in [0.2, 0.25) is 5.91 Å². The Kier molecular flexibility index (Phi) is 3.71. The monoisotopic (exact) mass is 290 g/mol. The highest BCUT2D eigenvalue weighted by molar-refractivity contribution is 6.19. The van der Waals surface area contributed by atoms with Gasteiger partial charge in [0.1, 0.15) is 5.69 Å². The van der Waals surface area contributed by atoms with Crippen molar-refractivity contribution in [3.8, 4) is 0 Å². The Morgan fingerprint density at radius 2 is 2.05 bits per heavy atom. The van der Waals surface area contributed by atoms with Crippen molar-refractivity contribution in [2.75, 3.05) is 11.2 Å². The first-order chi connectivity index (χ1) is 8.90. The molecule has 2 aromatic rings. The highest BCUT2D eigenvalue weighted by Gasteiger charge is 2.32. The maximum atomic E-state index is 12.5.